The van der Waals surface area contributed by atoms with Crippen LogP contribution in [0.2, 0.25) is 5.02 Å². The van der Waals surface area contributed by atoms with Gasteiger partial charge in [0, 0.05) is 11.4 Å². The van der Waals surface area contributed by atoms with E-state index in [4.69, 9.17) is 11.6 Å². The van der Waals surface area contributed by atoms with Crippen molar-refractivity contribution in [3.8, 4) is 0 Å². The highest BCUT2D eigenvalue weighted by Gasteiger charge is 2.33. The van der Waals surface area contributed by atoms with Crippen LogP contribution in [0.1, 0.15) is 25.3 Å². The number of halogens is 1. The van der Waals surface area contributed by atoms with Gasteiger partial charge >= 0.3 is 0 Å². The summed E-state index contributed by atoms with van der Waals surface area (Å²) in [4.78, 5) is 2.33. The van der Waals surface area contributed by atoms with Gasteiger partial charge in [0.2, 0.25) is 0 Å². The Balaban J connectivity index is 2.00. The molecule has 1 N–H and O–H groups in total. The van der Waals surface area contributed by atoms with E-state index in [0.29, 0.717) is 12.3 Å². The minimum atomic E-state index is -0.616. The third-order valence-electron chi connectivity index (χ3n) is 4.07. The normalized spacial score (nSPS) is 21.8. The molecule has 0 bridgehead atoms. The lowest BCUT2D eigenvalue weighted by Gasteiger charge is -2.38. The molecule has 0 unspecified atom stereocenters. The van der Waals surface area contributed by atoms with Crippen LogP contribution in [0, 0.1) is 5.92 Å². The summed E-state index contributed by atoms with van der Waals surface area (Å²) in [6.45, 7) is 4.14. The first kappa shape index (κ1) is 13.9. The maximum atomic E-state index is 10.7. The quantitative estimate of drug-likeness (QED) is 0.910. The second-order valence-electron chi connectivity index (χ2n) is 5.74. The zero-order chi connectivity index (χ0) is 13.2. The Morgan fingerprint density at radius 1 is 1.28 bits per heavy atom. The molecule has 1 atom stereocenters. The molecular formula is C15H22ClNO. The minimum Gasteiger partial charge on any atom is -0.390 e. The summed E-state index contributed by atoms with van der Waals surface area (Å²) in [6, 6.07) is 7.79. The van der Waals surface area contributed by atoms with Crippen molar-refractivity contribution in [2.24, 2.45) is 5.92 Å². The lowest BCUT2D eigenvalue weighted by atomic mass is 9.78. The predicted molar refractivity (Wildman–Crippen MR) is 76.0 cm³/mol. The van der Waals surface area contributed by atoms with E-state index >= 15 is 0 Å². The van der Waals surface area contributed by atoms with Crippen LogP contribution in [0.4, 0.5) is 0 Å². The van der Waals surface area contributed by atoms with Gasteiger partial charge in [-0.05, 0) is 63.5 Å². The number of nitrogens with zero attached hydrogens (tertiary/aromatic N) is 1. The van der Waals surface area contributed by atoms with Gasteiger partial charge in [0.05, 0.1) is 5.60 Å². The van der Waals surface area contributed by atoms with Crippen LogP contribution in [0.25, 0.3) is 0 Å². The van der Waals surface area contributed by atoms with Crippen molar-refractivity contribution in [2.75, 3.05) is 20.1 Å². The maximum Gasteiger partial charge on any atom is 0.0688 e. The summed E-state index contributed by atoms with van der Waals surface area (Å²) in [5.74, 6) is 0.393. The van der Waals surface area contributed by atoms with Gasteiger partial charge in [-0.15, -0.1) is 0 Å². The topological polar surface area (TPSA) is 23.5 Å². The van der Waals surface area contributed by atoms with Crippen molar-refractivity contribution in [3.05, 3.63) is 34.9 Å². The number of hydrogen-bond donors (Lipinski definition) is 1. The second-order valence-corrected chi connectivity index (χ2v) is 6.17. The standard InChI is InChI=1S/C15H22ClNO/c1-15(18,13-7-9-17(2)10-8-13)11-12-3-5-14(16)6-4-12/h3-6,13,18H,7-11H2,1-2H3/t15-/m0/s1. The van der Waals surface area contributed by atoms with Crippen LogP contribution in [0.5, 0.6) is 0 Å². The SMILES string of the molecule is CN1CCC([C@@](C)(O)Cc2ccc(Cl)cc2)CC1. The molecular weight excluding hydrogens is 246 g/mol. The van der Waals surface area contributed by atoms with Gasteiger partial charge < -0.3 is 10.0 Å². The van der Waals surface area contributed by atoms with Crippen molar-refractivity contribution in [2.45, 2.75) is 31.8 Å². The van der Waals surface area contributed by atoms with Crippen molar-refractivity contribution in [3.63, 3.8) is 0 Å². The van der Waals surface area contributed by atoms with Gasteiger partial charge in [0.15, 0.2) is 0 Å². The van der Waals surface area contributed by atoms with Crippen molar-refractivity contribution < 1.29 is 5.11 Å². The monoisotopic (exact) mass is 267 g/mol. The predicted octanol–water partition coefficient (Wildman–Crippen LogP) is 2.98. The summed E-state index contributed by atoms with van der Waals surface area (Å²) < 4.78 is 0. The first-order valence-electron chi connectivity index (χ1n) is 6.63. The molecule has 18 heavy (non-hydrogen) atoms. The molecule has 0 aromatic heterocycles. The van der Waals surface area contributed by atoms with E-state index < -0.39 is 5.60 Å². The van der Waals surface area contributed by atoms with Gasteiger partial charge in [-0.2, -0.15) is 0 Å². The van der Waals surface area contributed by atoms with Crippen molar-refractivity contribution >= 4 is 11.6 Å². The average Bonchev–Trinajstić information content (AvgIpc) is 2.32. The fourth-order valence-electron chi connectivity index (χ4n) is 2.79. The first-order chi connectivity index (χ1) is 8.47. The Hall–Kier alpha value is -0.570. The Kier molecular flexibility index (Phi) is 4.31. The third kappa shape index (κ3) is 3.47. The molecule has 2 nitrogen and oxygen atoms in total. The van der Waals surface area contributed by atoms with Crippen LogP contribution in [-0.2, 0) is 6.42 Å². The van der Waals surface area contributed by atoms with Crippen molar-refractivity contribution in [1.29, 1.82) is 0 Å². The molecule has 1 heterocycles. The number of benzene rings is 1. The van der Waals surface area contributed by atoms with E-state index in [1.807, 2.05) is 31.2 Å². The molecule has 3 heteroatoms. The molecule has 1 aliphatic rings. The number of rotatable bonds is 3. The Labute approximate surface area is 115 Å². The van der Waals surface area contributed by atoms with Gasteiger partial charge in [0.1, 0.15) is 0 Å². The molecule has 1 aromatic carbocycles. The molecule has 0 aliphatic carbocycles. The highest BCUT2D eigenvalue weighted by atomic mass is 35.5. The van der Waals surface area contributed by atoms with Crippen LogP contribution in [-0.4, -0.2) is 35.7 Å². The molecule has 0 amide bonds. The van der Waals surface area contributed by atoms with Gasteiger partial charge in [-0.3, -0.25) is 0 Å². The highest BCUT2D eigenvalue weighted by molar-refractivity contribution is 6.30. The maximum absolute atomic E-state index is 10.7. The van der Waals surface area contributed by atoms with Gasteiger partial charge in [-0.25, -0.2) is 0 Å². The third-order valence-corrected chi connectivity index (χ3v) is 4.33. The first-order valence-corrected chi connectivity index (χ1v) is 7.00. The molecule has 0 spiro atoms. The Bertz CT molecular complexity index is 380. The minimum absolute atomic E-state index is 0.393. The van der Waals surface area contributed by atoms with Crippen LogP contribution >= 0.6 is 11.6 Å². The van der Waals surface area contributed by atoms with Gasteiger partial charge in [-0.1, -0.05) is 23.7 Å². The van der Waals surface area contributed by atoms with Crippen LogP contribution in [0.15, 0.2) is 24.3 Å². The van der Waals surface area contributed by atoms with E-state index in [9.17, 15) is 5.11 Å². The lowest BCUT2D eigenvalue weighted by molar-refractivity contribution is -0.0247. The zero-order valence-electron chi connectivity index (χ0n) is 11.2. The number of hydrogen-bond acceptors (Lipinski definition) is 2. The molecule has 0 radical (unpaired) electrons. The summed E-state index contributed by atoms with van der Waals surface area (Å²) in [7, 11) is 2.14. The summed E-state index contributed by atoms with van der Waals surface area (Å²) in [5.41, 5.74) is 0.540. The van der Waals surface area contributed by atoms with Crippen LogP contribution < -0.4 is 0 Å². The molecule has 0 saturated carbocycles. The molecule has 1 fully saturated rings. The fourth-order valence-corrected chi connectivity index (χ4v) is 2.92. The van der Waals surface area contributed by atoms with E-state index in [1.165, 1.54) is 0 Å². The van der Waals surface area contributed by atoms with E-state index in [0.717, 1.165) is 36.5 Å². The molecule has 2 rings (SSSR count). The van der Waals surface area contributed by atoms with E-state index in [1.54, 1.807) is 0 Å². The van der Waals surface area contributed by atoms with Gasteiger partial charge in [0.25, 0.3) is 0 Å². The largest absolute Gasteiger partial charge is 0.390 e. The lowest BCUT2D eigenvalue weighted by Crippen LogP contribution is -2.43. The Morgan fingerprint density at radius 3 is 2.39 bits per heavy atom. The number of likely N-dealkylation sites (tertiary alicyclic amines) is 1. The van der Waals surface area contributed by atoms with E-state index in [-0.39, 0.29) is 0 Å². The number of aliphatic hydroxyl groups is 1. The molecule has 1 aliphatic heterocycles. The van der Waals surface area contributed by atoms with E-state index in [2.05, 4.69) is 11.9 Å². The summed E-state index contributed by atoms with van der Waals surface area (Å²) >= 11 is 5.88. The molecule has 100 valence electrons. The summed E-state index contributed by atoms with van der Waals surface area (Å²) in [5, 5.41) is 11.4. The second kappa shape index (κ2) is 5.60. The molecule has 1 saturated heterocycles. The Morgan fingerprint density at radius 2 is 1.83 bits per heavy atom. The summed E-state index contributed by atoms with van der Waals surface area (Å²) in [6.07, 6.45) is 2.87. The average molecular weight is 268 g/mol. The van der Waals surface area contributed by atoms with Crippen molar-refractivity contribution in [1.82, 2.24) is 4.90 Å². The highest BCUT2D eigenvalue weighted by Crippen LogP contribution is 2.30. The number of piperidine rings is 1. The smallest absolute Gasteiger partial charge is 0.0688 e. The fraction of sp³-hybridized carbons (Fsp3) is 0.600. The molecule has 1 aromatic rings. The van der Waals surface area contributed by atoms with Crippen LogP contribution in [0.3, 0.4) is 0 Å². The zero-order valence-corrected chi connectivity index (χ0v) is 12.0.